The molecule has 1 nitrogen and oxygen atoms in total. The van der Waals surface area contributed by atoms with E-state index >= 15 is 0 Å². The number of hydrogen-bond acceptors (Lipinski definition) is 1. The number of rotatable bonds is 3. The van der Waals surface area contributed by atoms with Crippen molar-refractivity contribution in [3.63, 3.8) is 0 Å². The van der Waals surface area contributed by atoms with Crippen molar-refractivity contribution in [3.8, 4) is 0 Å². The molecule has 0 aromatic heterocycles. The van der Waals surface area contributed by atoms with Gasteiger partial charge in [-0.05, 0) is 6.42 Å². The minimum absolute atomic E-state index is 0.111. The molecule has 0 N–H and O–H groups in total. The lowest BCUT2D eigenvalue weighted by molar-refractivity contribution is 0.194. The van der Waals surface area contributed by atoms with E-state index in [1.165, 1.54) is 0 Å². The highest BCUT2D eigenvalue weighted by atomic mass is 16.5. The van der Waals surface area contributed by atoms with E-state index in [1.807, 2.05) is 0 Å². The number of methoxy groups -OCH3 is 1. The first kappa shape index (κ1) is 4.13. The molecule has 0 amide bonds. The number of unbranched alkanes of at least 4 members (excludes halogenated alkanes) is 1. The lowest BCUT2D eigenvalue weighted by Gasteiger charge is -1.89. The van der Waals surface area contributed by atoms with E-state index < -0.39 is 0 Å². The number of hydrogen-bond donors (Lipinski definition) is 0. The predicted octanol–water partition coefficient (Wildman–Crippen LogP) is 1.43. The summed E-state index contributed by atoms with van der Waals surface area (Å²) in [6, 6.07) is 0. The van der Waals surface area contributed by atoms with Crippen LogP contribution in [0.15, 0.2) is 0 Å². The average molecular weight is 90.2 g/mol. The quantitative estimate of drug-likeness (QED) is 0.476. The Morgan fingerprint density at radius 1 is 1.83 bits per heavy atom. The molecule has 0 aliphatic carbocycles. The molecular weight excluding hydrogens is 76.1 g/mol. The van der Waals surface area contributed by atoms with Crippen molar-refractivity contribution < 1.29 is 6.11 Å². The molecule has 0 spiro atoms. The van der Waals surface area contributed by atoms with E-state index in [1.54, 1.807) is 0 Å². The zero-order valence-electron chi connectivity index (χ0n) is 5.24. The largest absolute Gasteiger partial charge is 0.385 e. The van der Waals surface area contributed by atoms with Crippen molar-refractivity contribution in [3.05, 3.63) is 0 Å². The van der Waals surface area contributed by atoms with E-state index in [9.17, 15) is 0 Å². The van der Waals surface area contributed by atoms with Crippen LogP contribution in [-0.2, 0) is 4.74 Å². The first-order valence-corrected chi connectivity index (χ1v) is 2.28. The van der Waals surface area contributed by atoms with Crippen molar-refractivity contribution in [2.45, 2.75) is 19.8 Å². The maximum Gasteiger partial charge on any atom is 0.0530 e. The van der Waals surface area contributed by atoms with Gasteiger partial charge in [0.05, 0.1) is 1.37 Å². The van der Waals surface area contributed by atoms with Crippen LogP contribution in [0, 0.1) is 0 Å². The lowest BCUT2D eigenvalue weighted by Crippen LogP contribution is -1.84. The highest BCUT2D eigenvalue weighted by Crippen LogP contribution is 1.83. The van der Waals surface area contributed by atoms with Gasteiger partial charge in [0.25, 0.3) is 0 Å². The summed E-state index contributed by atoms with van der Waals surface area (Å²) in [4.78, 5) is 0. The van der Waals surface area contributed by atoms with E-state index in [4.69, 9.17) is 6.11 Å². The molecule has 0 bridgehead atoms. The summed E-state index contributed by atoms with van der Waals surface area (Å²) in [5, 5.41) is 0. The smallest absolute Gasteiger partial charge is 0.0530 e. The Hall–Kier alpha value is -0.0400. The summed E-state index contributed by atoms with van der Waals surface area (Å²) in [5.74, 6) is 0. The third kappa shape index (κ3) is 3.96. The summed E-state index contributed by atoms with van der Waals surface area (Å²) in [6.07, 6.45) is 2.24. The van der Waals surface area contributed by atoms with E-state index in [0.29, 0.717) is 0 Å². The number of ether oxygens (including phenoxy) is 1. The molecule has 0 aromatic rings. The molecule has 0 aliphatic heterocycles. The van der Waals surface area contributed by atoms with Crippen molar-refractivity contribution in [1.29, 1.82) is 0 Å². The topological polar surface area (TPSA) is 9.23 Å². The van der Waals surface area contributed by atoms with Gasteiger partial charge >= 0.3 is 0 Å². The van der Waals surface area contributed by atoms with Crippen LogP contribution in [0.2, 0.25) is 0 Å². The minimum atomic E-state index is 0.111. The van der Waals surface area contributed by atoms with Gasteiger partial charge in [-0.15, -0.1) is 0 Å². The zero-order valence-corrected chi connectivity index (χ0v) is 4.24. The van der Waals surface area contributed by atoms with Crippen molar-refractivity contribution >= 4 is 0 Å². The first-order chi connectivity index (χ1) is 3.41. The Morgan fingerprint density at radius 3 is 3.17 bits per heavy atom. The molecule has 0 aromatic carbocycles. The Kier molecular flexibility index (Phi) is 3.41. The molecule has 0 radical (unpaired) electrons. The molecule has 0 fully saturated rings. The minimum Gasteiger partial charge on any atom is -0.385 e. The monoisotopic (exact) mass is 90.1 g/mol. The van der Waals surface area contributed by atoms with Gasteiger partial charge in [0, 0.05) is 13.7 Å². The van der Waals surface area contributed by atoms with Gasteiger partial charge in [-0.1, -0.05) is 13.3 Å². The van der Waals surface area contributed by atoms with Crippen molar-refractivity contribution in [2.75, 3.05) is 13.7 Å². The molecule has 6 heavy (non-hydrogen) atoms. The third-order valence-corrected chi connectivity index (χ3v) is 0.642. The van der Waals surface area contributed by atoms with Crippen LogP contribution >= 0.6 is 0 Å². The van der Waals surface area contributed by atoms with Crippen LogP contribution in [0.4, 0.5) is 0 Å². The molecule has 38 valence electrons. The zero-order chi connectivity index (χ0) is 5.54. The van der Waals surface area contributed by atoms with Crippen LogP contribution in [-0.4, -0.2) is 13.7 Å². The van der Waals surface area contributed by atoms with Gasteiger partial charge in [0.2, 0.25) is 0 Å². The predicted molar refractivity (Wildman–Crippen MR) is 26.8 cm³/mol. The average Bonchev–Trinajstić information content (AvgIpc) is 1.69. The maximum atomic E-state index is 6.56. The highest BCUT2D eigenvalue weighted by molar-refractivity contribution is 4.26. The van der Waals surface area contributed by atoms with E-state index in [2.05, 4.69) is 6.92 Å². The van der Waals surface area contributed by atoms with Gasteiger partial charge in [-0.3, -0.25) is 0 Å². The molecule has 0 saturated heterocycles. The van der Waals surface area contributed by atoms with Gasteiger partial charge in [0.15, 0.2) is 0 Å². The maximum absolute atomic E-state index is 6.56. The summed E-state index contributed by atoms with van der Waals surface area (Å²) >= 11 is 0. The lowest BCUT2D eigenvalue weighted by atomic mass is 10.4. The van der Waals surface area contributed by atoms with Gasteiger partial charge < -0.3 is 4.74 Å². The summed E-state index contributed by atoms with van der Waals surface area (Å²) in [7, 11) is 0.111. The highest BCUT2D eigenvalue weighted by Gasteiger charge is 1.74. The van der Waals surface area contributed by atoms with Crippen molar-refractivity contribution in [1.82, 2.24) is 0 Å². The Balaban J connectivity index is 2.45. The standard InChI is InChI=1S/C5H12O/c1-3-4-5-6-2/h3-5H2,1-2H3/i2T. The Labute approximate surface area is 40.7 Å². The molecule has 1 heteroatoms. The molecular formula is C5H12O. The normalized spacial score (nSPS) is 11.2. The summed E-state index contributed by atoms with van der Waals surface area (Å²) in [6.45, 7) is 2.85. The van der Waals surface area contributed by atoms with E-state index in [-0.39, 0.29) is 7.09 Å². The molecule has 0 aliphatic rings. The van der Waals surface area contributed by atoms with Gasteiger partial charge in [0.1, 0.15) is 0 Å². The van der Waals surface area contributed by atoms with Crippen LogP contribution in [0.5, 0.6) is 0 Å². The van der Waals surface area contributed by atoms with Crippen LogP contribution in [0.1, 0.15) is 21.1 Å². The second-order valence-electron chi connectivity index (χ2n) is 1.26. The second kappa shape index (κ2) is 4.96. The molecule has 0 heterocycles. The van der Waals surface area contributed by atoms with Crippen molar-refractivity contribution in [2.24, 2.45) is 0 Å². The molecule has 0 saturated carbocycles. The molecule has 0 rings (SSSR count). The Morgan fingerprint density at radius 2 is 2.67 bits per heavy atom. The van der Waals surface area contributed by atoms with E-state index in [0.717, 1.165) is 19.4 Å². The Bertz CT molecular complexity index is 27.3. The van der Waals surface area contributed by atoms with Crippen LogP contribution < -0.4 is 0 Å². The van der Waals surface area contributed by atoms with Gasteiger partial charge in [-0.2, -0.15) is 0 Å². The fraction of sp³-hybridized carbons (Fsp3) is 1.00. The second-order valence-corrected chi connectivity index (χ2v) is 1.26. The molecule has 0 unspecified atom stereocenters. The fourth-order valence-electron chi connectivity index (χ4n) is 0.246. The molecule has 0 atom stereocenters. The van der Waals surface area contributed by atoms with Crippen LogP contribution in [0.3, 0.4) is 0 Å². The van der Waals surface area contributed by atoms with Crippen LogP contribution in [0.25, 0.3) is 0 Å². The van der Waals surface area contributed by atoms with Gasteiger partial charge in [-0.25, -0.2) is 0 Å². The summed E-state index contributed by atoms with van der Waals surface area (Å²) in [5.41, 5.74) is 0. The summed E-state index contributed by atoms with van der Waals surface area (Å²) < 4.78 is 11.3. The fourth-order valence-corrected chi connectivity index (χ4v) is 0.246. The first-order valence-electron chi connectivity index (χ1n) is 2.99. The SMILES string of the molecule is [3H]COCCCC. The third-order valence-electron chi connectivity index (χ3n) is 0.642.